The van der Waals surface area contributed by atoms with Crippen LogP contribution in [0.2, 0.25) is 0 Å². The van der Waals surface area contributed by atoms with E-state index in [1.165, 1.54) is 11.3 Å². The average Bonchev–Trinajstić information content (AvgIpc) is 2.56. The molecule has 1 amide bonds. The van der Waals surface area contributed by atoms with Crippen LogP contribution in [0.15, 0.2) is 10.9 Å². The molecule has 0 radical (unpaired) electrons. The summed E-state index contributed by atoms with van der Waals surface area (Å²) < 4.78 is 0. The van der Waals surface area contributed by atoms with Gasteiger partial charge in [-0.1, -0.05) is 0 Å². The fourth-order valence-corrected chi connectivity index (χ4v) is 1.52. The second-order valence-corrected chi connectivity index (χ2v) is 3.83. The lowest BCUT2D eigenvalue weighted by atomic mass is 10.4. The van der Waals surface area contributed by atoms with E-state index in [-0.39, 0.29) is 5.91 Å². The topological polar surface area (TPSA) is 42.0 Å². The van der Waals surface area contributed by atoms with Crippen molar-refractivity contribution in [2.45, 2.75) is 0 Å². The highest BCUT2D eigenvalue weighted by atomic mass is 32.2. The van der Waals surface area contributed by atoms with Crippen molar-refractivity contribution in [3.8, 4) is 0 Å². The third-order valence-corrected chi connectivity index (χ3v) is 2.46. The van der Waals surface area contributed by atoms with Crippen molar-refractivity contribution < 1.29 is 4.79 Å². The van der Waals surface area contributed by atoms with E-state index in [2.05, 4.69) is 10.3 Å². The first kappa shape index (κ1) is 9.54. The number of rotatable bonds is 4. The summed E-state index contributed by atoms with van der Waals surface area (Å²) in [4.78, 5) is 15.1. The van der Waals surface area contributed by atoms with Gasteiger partial charge >= 0.3 is 0 Å². The summed E-state index contributed by atoms with van der Waals surface area (Å²) in [6.07, 6.45) is 2.01. The Labute approximate surface area is 79.6 Å². The van der Waals surface area contributed by atoms with Crippen molar-refractivity contribution in [3.05, 3.63) is 16.6 Å². The Balaban J connectivity index is 2.30. The number of nitrogens with zero attached hydrogens (tertiary/aromatic N) is 1. The smallest absolute Gasteiger partial charge is 0.270 e. The number of hydrogen-bond acceptors (Lipinski definition) is 4. The molecular weight excluding hydrogens is 192 g/mol. The number of carbonyl (C=O) groups excluding carboxylic acids is 1. The van der Waals surface area contributed by atoms with Gasteiger partial charge in [0.05, 0.1) is 5.51 Å². The monoisotopic (exact) mass is 202 g/mol. The van der Waals surface area contributed by atoms with Crippen molar-refractivity contribution in [2.75, 3.05) is 18.6 Å². The van der Waals surface area contributed by atoms with E-state index >= 15 is 0 Å². The Kier molecular flexibility index (Phi) is 4.10. The number of thioether (sulfide) groups is 1. The number of nitrogens with one attached hydrogen (secondary N) is 1. The van der Waals surface area contributed by atoms with Crippen LogP contribution in [0.1, 0.15) is 10.5 Å². The summed E-state index contributed by atoms with van der Waals surface area (Å²) in [6.45, 7) is 0.706. The molecule has 0 aromatic carbocycles. The standard InChI is InChI=1S/C7H10N2OS2/c1-11-3-2-8-7(10)6-4-12-5-9-6/h4-5H,2-3H2,1H3,(H,8,10). The molecule has 0 bridgehead atoms. The second kappa shape index (κ2) is 5.16. The lowest BCUT2D eigenvalue weighted by Gasteiger charge is -1.99. The van der Waals surface area contributed by atoms with Crippen molar-refractivity contribution in [3.63, 3.8) is 0 Å². The van der Waals surface area contributed by atoms with Crippen molar-refractivity contribution >= 4 is 29.0 Å². The summed E-state index contributed by atoms with van der Waals surface area (Å²) >= 11 is 3.14. The first-order valence-electron chi connectivity index (χ1n) is 3.50. The molecule has 1 heterocycles. The molecule has 0 spiro atoms. The maximum atomic E-state index is 11.2. The summed E-state index contributed by atoms with van der Waals surface area (Å²) in [7, 11) is 0. The molecule has 0 fully saturated rings. The Morgan fingerprint density at radius 3 is 3.25 bits per heavy atom. The van der Waals surface area contributed by atoms with Crippen molar-refractivity contribution in [2.24, 2.45) is 0 Å². The highest BCUT2D eigenvalue weighted by molar-refractivity contribution is 7.98. The van der Waals surface area contributed by atoms with Gasteiger partial charge in [-0.25, -0.2) is 4.98 Å². The van der Waals surface area contributed by atoms with Crippen molar-refractivity contribution in [1.82, 2.24) is 10.3 Å². The molecule has 1 aromatic heterocycles. The van der Waals surface area contributed by atoms with Gasteiger partial charge in [-0.05, 0) is 6.26 Å². The predicted molar refractivity (Wildman–Crippen MR) is 52.8 cm³/mol. The summed E-state index contributed by atoms with van der Waals surface area (Å²) in [6, 6.07) is 0. The van der Waals surface area contributed by atoms with Crippen LogP contribution in [0.4, 0.5) is 0 Å². The van der Waals surface area contributed by atoms with E-state index in [0.29, 0.717) is 12.2 Å². The molecule has 3 nitrogen and oxygen atoms in total. The summed E-state index contributed by atoms with van der Waals surface area (Å²) in [5.41, 5.74) is 2.17. The van der Waals surface area contributed by atoms with Crippen LogP contribution in [0.3, 0.4) is 0 Å². The van der Waals surface area contributed by atoms with E-state index < -0.39 is 0 Å². The van der Waals surface area contributed by atoms with Crippen LogP contribution in [0, 0.1) is 0 Å². The third kappa shape index (κ3) is 2.83. The van der Waals surface area contributed by atoms with Crippen LogP contribution < -0.4 is 5.32 Å². The molecule has 66 valence electrons. The van der Waals surface area contributed by atoms with Gasteiger partial charge in [0.25, 0.3) is 5.91 Å². The number of carbonyl (C=O) groups is 1. The number of aromatic nitrogens is 1. The van der Waals surface area contributed by atoms with Crippen LogP contribution in [0.5, 0.6) is 0 Å². The Hall–Kier alpha value is -0.550. The van der Waals surface area contributed by atoms with Crippen LogP contribution in [0.25, 0.3) is 0 Å². The minimum absolute atomic E-state index is 0.0784. The molecule has 0 saturated carbocycles. The number of hydrogen-bond donors (Lipinski definition) is 1. The molecule has 0 saturated heterocycles. The molecule has 0 aliphatic carbocycles. The zero-order valence-corrected chi connectivity index (χ0v) is 8.37. The van der Waals surface area contributed by atoms with E-state index in [1.54, 1.807) is 22.7 Å². The predicted octanol–water partition coefficient (Wildman–Crippen LogP) is 1.24. The second-order valence-electron chi connectivity index (χ2n) is 2.12. The highest BCUT2D eigenvalue weighted by Gasteiger charge is 2.04. The van der Waals surface area contributed by atoms with Crippen LogP contribution in [-0.2, 0) is 0 Å². The van der Waals surface area contributed by atoms with E-state index in [0.717, 1.165) is 5.75 Å². The van der Waals surface area contributed by atoms with Gasteiger partial charge in [0.1, 0.15) is 5.69 Å². The molecule has 12 heavy (non-hydrogen) atoms. The first-order chi connectivity index (χ1) is 5.84. The largest absolute Gasteiger partial charge is 0.350 e. The first-order valence-corrected chi connectivity index (χ1v) is 5.83. The molecule has 0 unspecified atom stereocenters. The number of amides is 1. The van der Waals surface area contributed by atoms with Gasteiger partial charge in [0.15, 0.2) is 0 Å². The molecule has 1 rings (SSSR count). The SMILES string of the molecule is CSCCNC(=O)c1cscn1. The summed E-state index contributed by atoms with van der Waals surface area (Å²) in [5, 5.41) is 4.51. The average molecular weight is 202 g/mol. The zero-order chi connectivity index (χ0) is 8.81. The lowest BCUT2D eigenvalue weighted by molar-refractivity contribution is 0.0952. The van der Waals surface area contributed by atoms with E-state index in [4.69, 9.17) is 0 Å². The maximum Gasteiger partial charge on any atom is 0.270 e. The Morgan fingerprint density at radius 1 is 1.83 bits per heavy atom. The van der Waals surface area contributed by atoms with Gasteiger partial charge in [0.2, 0.25) is 0 Å². The molecule has 1 N–H and O–H groups in total. The third-order valence-electron chi connectivity index (χ3n) is 1.26. The van der Waals surface area contributed by atoms with Gasteiger partial charge < -0.3 is 5.32 Å². The van der Waals surface area contributed by atoms with Gasteiger partial charge in [-0.3, -0.25) is 4.79 Å². The fraction of sp³-hybridized carbons (Fsp3) is 0.429. The lowest BCUT2D eigenvalue weighted by Crippen LogP contribution is -2.25. The number of thiazole rings is 1. The normalized spacial score (nSPS) is 9.75. The molecule has 1 aromatic rings. The zero-order valence-electron chi connectivity index (χ0n) is 6.74. The van der Waals surface area contributed by atoms with Gasteiger partial charge in [-0.15, -0.1) is 11.3 Å². The Morgan fingerprint density at radius 2 is 2.67 bits per heavy atom. The quantitative estimate of drug-likeness (QED) is 0.747. The summed E-state index contributed by atoms with van der Waals surface area (Å²) in [5.74, 6) is 0.862. The maximum absolute atomic E-state index is 11.2. The highest BCUT2D eigenvalue weighted by Crippen LogP contribution is 2.00. The minimum Gasteiger partial charge on any atom is -0.350 e. The van der Waals surface area contributed by atoms with Gasteiger partial charge in [-0.2, -0.15) is 11.8 Å². The Bertz CT molecular complexity index is 236. The van der Waals surface area contributed by atoms with E-state index in [9.17, 15) is 4.79 Å². The van der Waals surface area contributed by atoms with Crippen molar-refractivity contribution in [1.29, 1.82) is 0 Å². The van der Waals surface area contributed by atoms with E-state index in [1.807, 2.05) is 6.26 Å². The fourth-order valence-electron chi connectivity index (χ4n) is 0.682. The van der Waals surface area contributed by atoms with Gasteiger partial charge in [0, 0.05) is 17.7 Å². The van der Waals surface area contributed by atoms with Crippen LogP contribution in [-0.4, -0.2) is 29.4 Å². The molecule has 0 atom stereocenters. The molecule has 0 aliphatic rings. The molecular formula is C7H10N2OS2. The molecule has 0 aliphatic heterocycles. The minimum atomic E-state index is -0.0784. The van der Waals surface area contributed by atoms with Crippen LogP contribution >= 0.6 is 23.1 Å². The molecule has 5 heteroatoms.